The third-order valence-corrected chi connectivity index (χ3v) is 2.08. The Morgan fingerprint density at radius 1 is 1.38 bits per heavy atom. The van der Waals surface area contributed by atoms with E-state index in [2.05, 4.69) is 0 Å². The molecule has 1 aromatic rings. The normalized spacial score (nSPS) is 11.5. The van der Waals surface area contributed by atoms with Crippen LogP contribution in [0.25, 0.3) is 0 Å². The fourth-order valence-electron chi connectivity index (χ4n) is 1.28. The van der Waals surface area contributed by atoms with Crippen LogP contribution in [0.15, 0.2) is 18.2 Å². The second kappa shape index (κ2) is 7.30. The number of methoxy groups -OCH3 is 1. The lowest BCUT2D eigenvalue weighted by Crippen LogP contribution is -2.12. The van der Waals surface area contributed by atoms with Crippen LogP contribution in [0, 0.1) is 0 Å². The standard InChI is InChI=1S/C11H16FNO2.ClH/c1-3-15-10-5-4-8(9(13)7-12)6-11(10)14-2;/h4-6,9H,3,7,13H2,1-2H3;1H/t9-;/m1./s1. The molecule has 5 heteroatoms. The van der Waals surface area contributed by atoms with E-state index in [-0.39, 0.29) is 12.4 Å². The van der Waals surface area contributed by atoms with E-state index in [4.69, 9.17) is 15.2 Å². The average molecular weight is 250 g/mol. The van der Waals surface area contributed by atoms with Crippen molar-refractivity contribution in [1.82, 2.24) is 0 Å². The first-order valence-electron chi connectivity index (χ1n) is 4.85. The minimum atomic E-state index is -0.602. The third-order valence-electron chi connectivity index (χ3n) is 2.08. The molecule has 0 heterocycles. The number of benzene rings is 1. The number of halogens is 2. The summed E-state index contributed by atoms with van der Waals surface area (Å²) in [6.07, 6.45) is 0. The van der Waals surface area contributed by atoms with Crippen molar-refractivity contribution < 1.29 is 13.9 Å². The Morgan fingerprint density at radius 3 is 2.56 bits per heavy atom. The highest BCUT2D eigenvalue weighted by Gasteiger charge is 2.10. The van der Waals surface area contributed by atoms with Crippen LogP contribution in [0.5, 0.6) is 11.5 Å². The van der Waals surface area contributed by atoms with Crippen LogP contribution in [0.3, 0.4) is 0 Å². The molecule has 0 aliphatic rings. The third kappa shape index (κ3) is 3.54. The molecule has 0 amide bonds. The SMILES string of the molecule is CCOc1ccc([C@H](N)CF)cc1OC.Cl. The fourth-order valence-corrected chi connectivity index (χ4v) is 1.28. The molecule has 0 aromatic heterocycles. The predicted molar refractivity (Wildman–Crippen MR) is 64.3 cm³/mol. The van der Waals surface area contributed by atoms with Gasteiger partial charge in [0.15, 0.2) is 11.5 Å². The van der Waals surface area contributed by atoms with E-state index in [0.717, 1.165) is 0 Å². The first-order chi connectivity index (χ1) is 7.22. The fraction of sp³-hybridized carbons (Fsp3) is 0.455. The first-order valence-corrected chi connectivity index (χ1v) is 4.85. The smallest absolute Gasteiger partial charge is 0.161 e. The molecule has 1 atom stereocenters. The Labute approximate surface area is 101 Å². The van der Waals surface area contributed by atoms with Crippen molar-refractivity contribution >= 4 is 12.4 Å². The summed E-state index contributed by atoms with van der Waals surface area (Å²) in [5.74, 6) is 1.23. The summed E-state index contributed by atoms with van der Waals surface area (Å²) in [4.78, 5) is 0. The molecule has 1 rings (SSSR count). The molecule has 0 spiro atoms. The maximum Gasteiger partial charge on any atom is 0.161 e. The van der Waals surface area contributed by atoms with Gasteiger partial charge in [-0.2, -0.15) is 0 Å². The summed E-state index contributed by atoms with van der Waals surface area (Å²) in [5, 5.41) is 0. The highest BCUT2D eigenvalue weighted by molar-refractivity contribution is 5.85. The van der Waals surface area contributed by atoms with Crippen molar-refractivity contribution in [3.8, 4) is 11.5 Å². The van der Waals surface area contributed by atoms with E-state index in [9.17, 15) is 4.39 Å². The van der Waals surface area contributed by atoms with E-state index >= 15 is 0 Å². The van der Waals surface area contributed by atoms with Crippen molar-refractivity contribution in [2.75, 3.05) is 20.4 Å². The van der Waals surface area contributed by atoms with Crippen LogP contribution in [-0.4, -0.2) is 20.4 Å². The lowest BCUT2D eigenvalue weighted by Gasteiger charge is -2.13. The van der Waals surface area contributed by atoms with Gasteiger partial charge in [0, 0.05) is 0 Å². The zero-order valence-corrected chi connectivity index (χ0v) is 10.2. The summed E-state index contributed by atoms with van der Waals surface area (Å²) in [5.41, 5.74) is 6.28. The Bertz CT molecular complexity index is 323. The van der Waals surface area contributed by atoms with Gasteiger partial charge in [0.1, 0.15) is 6.67 Å². The maximum absolute atomic E-state index is 12.4. The van der Waals surface area contributed by atoms with Gasteiger partial charge >= 0.3 is 0 Å². The van der Waals surface area contributed by atoms with Crippen molar-refractivity contribution in [3.05, 3.63) is 23.8 Å². The Morgan fingerprint density at radius 2 is 2.06 bits per heavy atom. The maximum atomic E-state index is 12.4. The van der Waals surface area contributed by atoms with Crippen molar-refractivity contribution in [3.63, 3.8) is 0 Å². The lowest BCUT2D eigenvalue weighted by molar-refractivity contribution is 0.310. The summed E-state index contributed by atoms with van der Waals surface area (Å²) < 4.78 is 22.8. The molecule has 0 unspecified atom stereocenters. The van der Waals surface area contributed by atoms with Crippen LogP contribution in [-0.2, 0) is 0 Å². The highest BCUT2D eigenvalue weighted by Crippen LogP contribution is 2.29. The number of ether oxygens (including phenoxy) is 2. The highest BCUT2D eigenvalue weighted by atomic mass is 35.5. The van der Waals surface area contributed by atoms with Gasteiger partial charge in [-0.25, -0.2) is 4.39 Å². The molecule has 0 saturated heterocycles. The van der Waals surface area contributed by atoms with E-state index in [0.29, 0.717) is 23.7 Å². The number of alkyl halides is 1. The van der Waals surface area contributed by atoms with Gasteiger partial charge in [-0.3, -0.25) is 0 Å². The van der Waals surface area contributed by atoms with Crippen LogP contribution in [0.4, 0.5) is 4.39 Å². The molecule has 0 aliphatic heterocycles. The zero-order valence-electron chi connectivity index (χ0n) is 9.40. The van der Waals surface area contributed by atoms with Gasteiger partial charge in [-0.1, -0.05) is 6.07 Å². The second-order valence-electron chi connectivity index (χ2n) is 3.10. The first kappa shape index (κ1) is 15.0. The van der Waals surface area contributed by atoms with Crippen molar-refractivity contribution in [1.29, 1.82) is 0 Å². The van der Waals surface area contributed by atoms with Gasteiger partial charge < -0.3 is 15.2 Å². The number of hydrogen-bond donors (Lipinski definition) is 1. The molecule has 0 radical (unpaired) electrons. The molecule has 0 aliphatic carbocycles. The van der Waals surface area contributed by atoms with E-state index in [1.807, 2.05) is 6.92 Å². The Balaban J connectivity index is 0.00000225. The van der Waals surface area contributed by atoms with Crippen molar-refractivity contribution in [2.24, 2.45) is 5.73 Å². The quantitative estimate of drug-likeness (QED) is 0.872. The molecule has 0 bridgehead atoms. The molecule has 1 aromatic carbocycles. The lowest BCUT2D eigenvalue weighted by atomic mass is 10.1. The van der Waals surface area contributed by atoms with E-state index in [1.165, 1.54) is 0 Å². The molecule has 2 N–H and O–H groups in total. The molecule has 92 valence electrons. The van der Waals surface area contributed by atoms with Crippen LogP contribution < -0.4 is 15.2 Å². The minimum Gasteiger partial charge on any atom is -0.493 e. The zero-order chi connectivity index (χ0) is 11.3. The molecular formula is C11H17ClFNO2. The van der Waals surface area contributed by atoms with Gasteiger partial charge in [-0.15, -0.1) is 12.4 Å². The Hall–Kier alpha value is -1.00. The van der Waals surface area contributed by atoms with Gasteiger partial charge in [0.05, 0.1) is 19.8 Å². The summed E-state index contributed by atoms with van der Waals surface area (Å²) in [6, 6.07) is 4.59. The molecule has 0 saturated carbocycles. The summed E-state index contributed by atoms with van der Waals surface area (Å²) >= 11 is 0. The van der Waals surface area contributed by atoms with E-state index < -0.39 is 12.7 Å². The van der Waals surface area contributed by atoms with E-state index in [1.54, 1.807) is 25.3 Å². The van der Waals surface area contributed by atoms with Crippen LogP contribution in [0.1, 0.15) is 18.5 Å². The monoisotopic (exact) mass is 249 g/mol. The second-order valence-corrected chi connectivity index (χ2v) is 3.10. The molecular weight excluding hydrogens is 233 g/mol. The summed E-state index contributed by atoms with van der Waals surface area (Å²) in [6.45, 7) is 1.86. The average Bonchev–Trinajstić information content (AvgIpc) is 2.29. The predicted octanol–water partition coefficient (Wildman–Crippen LogP) is 2.49. The largest absolute Gasteiger partial charge is 0.493 e. The molecule has 0 fully saturated rings. The van der Waals surface area contributed by atoms with Gasteiger partial charge in [-0.05, 0) is 24.6 Å². The topological polar surface area (TPSA) is 44.5 Å². The minimum absolute atomic E-state index is 0. The molecule has 3 nitrogen and oxygen atoms in total. The number of hydrogen-bond acceptors (Lipinski definition) is 3. The van der Waals surface area contributed by atoms with Crippen molar-refractivity contribution in [2.45, 2.75) is 13.0 Å². The van der Waals surface area contributed by atoms with Crippen LogP contribution >= 0.6 is 12.4 Å². The Kier molecular flexibility index (Phi) is 6.85. The van der Waals surface area contributed by atoms with Gasteiger partial charge in [0.25, 0.3) is 0 Å². The summed E-state index contributed by atoms with van der Waals surface area (Å²) in [7, 11) is 1.54. The van der Waals surface area contributed by atoms with Crippen LogP contribution in [0.2, 0.25) is 0 Å². The number of nitrogens with two attached hydrogens (primary N) is 1. The number of rotatable bonds is 5. The molecule has 16 heavy (non-hydrogen) atoms. The van der Waals surface area contributed by atoms with Gasteiger partial charge in [0.2, 0.25) is 0 Å².